The van der Waals surface area contributed by atoms with Gasteiger partial charge in [0, 0.05) is 25.3 Å². The van der Waals surface area contributed by atoms with E-state index in [2.05, 4.69) is 55.7 Å². The molecule has 6 atom stereocenters. The van der Waals surface area contributed by atoms with Gasteiger partial charge in [0.05, 0.1) is 5.57 Å². The molecule has 2 aliphatic carbocycles. The lowest BCUT2D eigenvalue weighted by atomic mass is 9.45. The third-order valence-electron chi connectivity index (χ3n) is 11.2. The number of allylic oxidation sites excluding steroid dienone is 1. The largest absolute Gasteiger partial charge is 0.465 e. The molecule has 0 amide bonds. The molecule has 2 heterocycles. The molecule has 0 bridgehead atoms. The van der Waals surface area contributed by atoms with E-state index < -0.39 is 5.41 Å². The van der Waals surface area contributed by atoms with Crippen LogP contribution in [0.1, 0.15) is 78.2 Å². The van der Waals surface area contributed by atoms with Gasteiger partial charge >= 0.3 is 17.9 Å². The zero-order valence-electron chi connectivity index (χ0n) is 26.4. The predicted octanol–water partition coefficient (Wildman–Crippen LogP) is 6.07. The smallest absolute Gasteiger partial charge is 0.335 e. The van der Waals surface area contributed by atoms with Crippen LogP contribution < -0.4 is 0 Å². The van der Waals surface area contributed by atoms with Gasteiger partial charge < -0.3 is 14.2 Å². The van der Waals surface area contributed by atoms with Crippen molar-refractivity contribution in [3.63, 3.8) is 0 Å². The lowest BCUT2D eigenvalue weighted by Gasteiger charge is -2.61. The quantitative estimate of drug-likeness (QED) is 0.196. The maximum absolute atomic E-state index is 13.0. The summed E-state index contributed by atoms with van der Waals surface area (Å²) < 4.78 is 17.0. The van der Waals surface area contributed by atoms with Gasteiger partial charge in [0.2, 0.25) is 0 Å². The summed E-state index contributed by atoms with van der Waals surface area (Å²) in [5.41, 5.74) is 2.75. The van der Waals surface area contributed by atoms with Gasteiger partial charge in [-0.2, -0.15) is 0 Å². The van der Waals surface area contributed by atoms with Gasteiger partial charge in [0.15, 0.2) is 0 Å². The Hall–Kier alpha value is -2.93. The van der Waals surface area contributed by atoms with Crippen molar-refractivity contribution in [2.75, 3.05) is 26.3 Å². The van der Waals surface area contributed by atoms with E-state index in [1.165, 1.54) is 25.0 Å². The summed E-state index contributed by atoms with van der Waals surface area (Å²) >= 11 is 0. The third-order valence-corrected chi connectivity index (χ3v) is 11.2. The molecule has 7 heteroatoms. The maximum Gasteiger partial charge on any atom is 0.335 e. The Morgan fingerprint density at radius 1 is 1.07 bits per heavy atom. The Kier molecular flexibility index (Phi) is 9.50. The molecule has 0 spiro atoms. The number of esters is 3. The highest BCUT2D eigenvalue weighted by molar-refractivity contribution is 5.91. The van der Waals surface area contributed by atoms with Crippen LogP contribution in [0.4, 0.5) is 0 Å². The number of benzene rings is 1. The molecule has 2 aliphatic heterocycles. The Balaban J connectivity index is 1.39. The first-order chi connectivity index (χ1) is 20.5. The minimum atomic E-state index is -0.514. The summed E-state index contributed by atoms with van der Waals surface area (Å²) in [6, 6.07) is 10.7. The molecule has 0 N–H and O–H groups in total. The van der Waals surface area contributed by atoms with Crippen molar-refractivity contribution in [3.8, 4) is 0 Å². The van der Waals surface area contributed by atoms with Crippen molar-refractivity contribution < 1.29 is 28.6 Å². The van der Waals surface area contributed by atoms with Gasteiger partial charge in [0.25, 0.3) is 0 Å². The van der Waals surface area contributed by atoms with E-state index in [1.807, 2.05) is 6.08 Å². The Bertz CT molecular complexity index is 1230. The second-order valence-electron chi connectivity index (χ2n) is 13.9. The first-order valence-electron chi connectivity index (χ1n) is 16.1. The molecule has 2 saturated carbocycles. The lowest BCUT2D eigenvalue weighted by Crippen LogP contribution is -2.59. The lowest BCUT2D eigenvalue weighted by molar-refractivity contribution is -0.192. The fraction of sp³-hybridized carbons (Fsp3) is 0.639. The monoisotopic (exact) mass is 591 g/mol. The normalized spacial score (nSPS) is 32.4. The van der Waals surface area contributed by atoms with Crippen LogP contribution in [0.5, 0.6) is 0 Å². The van der Waals surface area contributed by atoms with Crippen molar-refractivity contribution in [1.82, 2.24) is 4.90 Å². The molecule has 7 nitrogen and oxygen atoms in total. The van der Waals surface area contributed by atoms with Gasteiger partial charge in [-0.05, 0) is 99.3 Å². The van der Waals surface area contributed by atoms with Crippen molar-refractivity contribution in [1.29, 1.82) is 0 Å². The minimum Gasteiger partial charge on any atom is -0.465 e. The van der Waals surface area contributed by atoms with Gasteiger partial charge in [-0.15, -0.1) is 0 Å². The number of piperidine rings is 1. The molecule has 1 aromatic carbocycles. The Morgan fingerprint density at radius 2 is 1.79 bits per heavy atom. The SMILES string of the molecule is C=C1CC[C@@H]2[C@](C)(COC(C)=O)[C@@H](OC(C)=O)CC[C@@]2(C)[C@@H]1C[C@H](C1=CCOC1=O)N1CCC(Cc2ccccc2)CC1. The van der Waals surface area contributed by atoms with Gasteiger partial charge in [-0.1, -0.05) is 56.3 Å². The first kappa shape index (κ1) is 31.5. The van der Waals surface area contributed by atoms with E-state index in [0.717, 1.165) is 63.6 Å². The van der Waals surface area contributed by atoms with Crippen LogP contribution in [-0.2, 0) is 35.0 Å². The van der Waals surface area contributed by atoms with E-state index in [-0.39, 0.29) is 53.9 Å². The van der Waals surface area contributed by atoms with Crippen LogP contribution in [0.15, 0.2) is 54.1 Å². The van der Waals surface area contributed by atoms with Crippen LogP contribution in [0.3, 0.4) is 0 Å². The molecule has 3 fully saturated rings. The predicted molar refractivity (Wildman–Crippen MR) is 165 cm³/mol. The van der Waals surface area contributed by atoms with Crippen LogP contribution in [0.2, 0.25) is 0 Å². The summed E-state index contributed by atoms with van der Waals surface area (Å²) in [5, 5.41) is 0. The second kappa shape index (κ2) is 13.0. The number of carbonyl (C=O) groups is 3. The molecule has 234 valence electrons. The zero-order valence-corrected chi connectivity index (χ0v) is 26.4. The molecule has 0 unspecified atom stereocenters. The molecular formula is C36H49NO6. The van der Waals surface area contributed by atoms with Gasteiger partial charge in [-0.3, -0.25) is 14.5 Å². The van der Waals surface area contributed by atoms with E-state index in [1.54, 1.807) is 0 Å². The summed E-state index contributed by atoms with van der Waals surface area (Å²) in [5.74, 6) is 0.139. The molecule has 43 heavy (non-hydrogen) atoms. The highest BCUT2D eigenvalue weighted by atomic mass is 16.6. The van der Waals surface area contributed by atoms with E-state index in [4.69, 9.17) is 14.2 Å². The molecule has 4 aliphatic rings. The topological polar surface area (TPSA) is 82.1 Å². The number of carbonyl (C=O) groups excluding carboxylic acids is 3. The fourth-order valence-corrected chi connectivity index (χ4v) is 9.01. The first-order valence-corrected chi connectivity index (χ1v) is 16.1. The summed E-state index contributed by atoms with van der Waals surface area (Å²) in [4.78, 5) is 39.6. The standard InChI is InChI=1S/C36H49NO6/c1-24-11-12-32-35(4,17-13-33(43-26(3)39)36(32,5)23-42-25(2)38)30(24)22-31(29-16-20-41-34(29)40)37-18-14-28(15-19-37)21-27-9-7-6-8-10-27/h6-10,16,28,30-33H,1,11-15,17-23H2,2-5H3/t30-,31-,32+,33+,35+,36+/m1/s1. The number of hydrogen-bond donors (Lipinski definition) is 0. The molecule has 1 aromatic rings. The van der Waals surface area contributed by atoms with E-state index >= 15 is 0 Å². The molecule has 1 saturated heterocycles. The van der Waals surface area contributed by atoms with E-state index in [0.29, 0.717) is 18.9 Å². The van der Waals surface area contributed by atoms with Crippen LogP contribution in [0, 0.1) is 28.6 Å². The van der Waals surface area contributed by atoms with Crippen molar-refractivity contribution >= 4 is 17.9 Å². The zero-order chi connectivity index (χ0) is 30.8. The van der Waals surface area contributed by atoms with Crippen molar-refractivity contribution in [3.05, 3.63) is 59.7 Å². The third kappa shape index (κ3) is 6.62. The number of ether oxygens (including phenoxy) is 3. The van der Waals surface area contributed by atoms with Gasteiger partial charge in [-0.25, -0.2) is 4.79 Å². The fourth-order valence-electron chi connectivity index (χ4n) is 9.01. The average molecular weight is 592 g/mol. The summed E-state index contributed by atoms with van der Waals surface area (Å²) in [6.45, 7) is 14.4. The average Bonchev–Trinajstić information content (AvgIpc) is 3.40. The number of rotatable bonds is 9. The number of fused-ring (bicyclic) bond motifs is 1. The molecule has 5 rings (SSSR count). The Labute approximate surface area is 257 Å². The molecule has 0 aromatic heterocycles. The van der Waals surface area contributed by atoms with Crippen molar-refractivity contribution in [2.24, 2.45) is 28.6 Å². The number of likely N-dealkylation sites (tertiary alicyclic amines) is 1. The summed E-state index contributed by atoms with van der Waals surface area (Å²) in [7, 11) is 0. The maximum atomic E-state index is 13.0. The number of hydrogen-bond acceptors (Lipinski definition) is 7. The van der Waals surface area contributed by atoms with Crippen LogP contribution in [0.25, 0.3) is 0 Å². The van der Waals surface area contributed by atoms with Crippen LogP contribution >= 0.6 is 0 Å². The van der Waals surface area contributed by atoms with Gasteiger partial charge in [0.1, 0.15) is 19.3 Å². The summed E-state index contributed by atoms with van der Waals surface area (Å²) in [6.07, 6.45) is 9.11. The second-order valence-corrected chi connectivity index (χ2v) is 13.9. The van der Waals surface area contributed by atoms with Crippen LogP contribution in [-0.4, -0.2) is 61.3 Å². The highest BCUT2D eigenvalue weighted by Crippen LogP contribution is 2.63. The number of cyclic esters (lactones) is 1. The minimum absolute atomic E-state index is 0.0316. The number of nitrogens with zero attached hydrogens (tertiary/aromatic N) is 1. The highest BCUT2D eigenvalue weighted by Gasteiger charge is 2.60. The van der Waals surface area contributed by atoms with Crippen molar-refractivity contribution in [2.45, 2.75) is 91.2 Å². The van der Waals surface area contributed by atoms with E-state index in [9.17, 15) is 14.4 Å². The molecule has 0 radical (unpaired) electrons. The Morgan fingerprint density at radius 3 is 2.42 bits per heavy atom. The molecular weight excluding hydrogens is 542 g/mol.